The molecule has 0 saturated carbocycles. The molecular formula is C16H26N2O3. The fourth-order valence-corrected chi connectivity index (χ4v) is 3.24. The maximum Gasteiger partial charge on any atom is 0.117 e. The Hall–Kier alpha value is -0.880. The second-order valence-electron chi connectivity index (χ2n) is 6.44. The van der Waals surface area contributed by atoms with Crippen LogP contribution in [-0.4, -0.2) is 67.4 Å². The van der Waals surface area contributed by atoms with Gasteiger partial charge in [-0.1, -0.05) is 0 Å². The van der Waals surface area contributed by atoms with Crippen LogP contribution in [0.1, 0.15) is 19.6 Å². The van der Waals surface area contributed by atoms with Crippen LogP contribution in [0.15, 0.2) is 22.8 Å². The number of hydrogen-bond donors (Lipinski definition) is 0. The molecule has 1 spiro atoms. The number of rotatable bonds is 3. The normalized spacial score (nSPS) is 29.1. The molecule has 1 unspecified atom stereocenters. The van der Waals surface area contributed by atoms with E-state index >= 15 is 0 Å². The van der Waals surface area contributed by atoms with Gasteiger partial charge in [0.05, 0.1) is 32.6 Å². The molecule has 1 atom stereocenters. The van der Waals surface area contributed by atoms with Crippen molar-refractivity contribution in [3.63, 3.8) is 0 Å². The molecule has 2 saturated heterocycles. The van der Waals surface area contributed by atoms with Crippen molar-refractivity contribution in [2.24, 2.45) is 0 Å². The van der Waals surface area contributed by atoms with Crippen molar-refractivity contribution in [2.75, 3.05) is 46.0 Å². The average molecular weight is 294 g/mol. The molecule has 0 radical (unpaired) electrons. The lowest BCUT2D eigenvalue weighted by Gasteiger charge is -2.43. The van der Waals surface area contributed by atoms with E-state index in [4.69, 9.17) is 13.9 Å². The van der Waals surface area contributed by atoms with E-state index in [9.17, 15) is 0 Å². The van der Waals surface area contributed by atoms with Crippen LogP contribution in [0.2, 0.25) is 0 Å². The molecule has 1 aromatic rings. The Morgan fingerprint density at radius 1 is 1.24 bits per heavy atom. The maximum atomic E-state index is 6.18. The van der Waals surface area contributed by atoms with Crippen LogP contribution in [0.4, 0.5) is 0 Å². The van der Waals surface area contributed by atoms with E-state index in [1.807, 2.05) is 12.1 Å². The van der Waals surface area contributed by atoms with E-state index in [1.54, 1.807) is 6.26 Å². The van der Waals surface area contributed by atoms with Crippen molar-refractivity contribution >= 4 is 0 Å². The summed E-state index contributed by atoms with van der Waals surface area (Å²) in [6, 6.07) is 4.50. The topological polar surface area (TPSA) is 38.1 Å². The van der Waals surface area contributed by atoms with Gasteiger partial charge in [-0.25, -0.2) is 0 Å². The Bertz CT molecular complexity index is 435. The van der Waals surface area contributed by atoms with Gasteiger partial charge in [-0.05, 0) is 26.0 Å². The first-order valence-electron chi connectivity index (χ1n) is 7.87. The minimum absolute atomic E-state index is 0.203. The highest BCUT2D eigenvalue weighted by Gasteiger charge is 2.40. The predicted molar refractivity (Wildman–Crippen MR) is 80.2 cm³/mol. The summed E-state index contributed by atoms with van der Waals surface area (Å²) in [4.78, 5) is 4.87. The zero-order valence-electron chi connectivity index (χ0n) is 13.1. The zero-order valence-corrected chi connectivity index (χ0v) is 13.1. The van der Waals surface area contributed by atoms with Crippen LogP contribution < -0.4 is 0 Å². The number of furan rings is 1. The highest BCUT2D eigenvalue weighted by molar-refractivity contribution is 5.00. The molecule has 0 bridgehead atoms. The van der Waals surface area contributed by atoms with Gasteiger partial charge in [0.1, 0.15) is 11.4 Å². The van der Waals surface area contributed by atoms with E-state index in [2.05, 4.69) is 23.6 Å². The highest BCUT2D eigenvalue weighted by atomic mass is 16.5. The minimum atomic E-state index is -0.203. The Morgan fingerprint density at radius 3 is 2.90 bits per heavy atom. The minimum Gasteiger partial charge on any atom is -0.468 e. The van der Waals surface area contributed by atoms with Crippen molar-refractivity contribution in [1.29, 1.82) is 0 Å². The first-order valence-corrected chi connectivity index (χ1v) is 7.87. The summed E-state index contributed by atoms with van der Waals surface area (Å²) < 4.78 is 17.5. The molecule has 0 N–H and O–H groups in total. The lowest BCUT2D eigenvalue weighted by atomic mass is 10.0. The van der Waals surface area contributed by atoms with E-state index < -0.39 is 0 Å². The third-order valence-corrected chi connectivity index (χ3v) is 4.40. The van der Waals surface area contributed by atoms with Gasteiger partial charge in [0.15, 0.2) is 0 Å². The van der Waals surface area contributed by atoms with E-state index in [0.717, 1.165) is 51.7 Å². The quantitative estimate of drug-likeness (QED) is 0.846. The maximum absolute atomic E-state index is 6.18. The van der Waals surface area contributed by atoms with Gasteiger partial charge in [0, 0.05) is 32.2 Å². The molecule has 0 amide bonds. The molecular weight excluding hydrogens is 268 g/mol. The Morgan fingerprint density at radius 2 is 2.14 bits per heavy atom. The molecule has 21 heavy (non-hydrogen) atoms. The van der Waals surface area contributed by atoms with E-state index in [1.165, 1.54) is 0 Å². The summed E-state index contributed by atoms with van der Waals surface area (Å²) in [6.07, 6.45) is 1.74. The molecule has 0 aromatic carbocycles. The Balaban J connectivity index is 1.67. The zero-order chi connectivity index (χ0) is 14.7. The summed E-state index contributed by atoms with van der Waals surface area (Å²) in [5, 5.41) is 0. The Labute approximate surface area is 126 Å². The van der Waals surface area contributed by atoms with Gasteiger partial charge in [-0.3, -0.25) is 9.80 Å². The van der Waals surface area contributed by atoms with Gasteiger partial charge in [-0.15, -0.1) is 0 Å². The molecule has 2 aliphatic heterocycles. The smallest absolute Gasteiger partial charge is 0.117 e. The molecule has 5 nitrogen and oxygen atoms in total. The van der Waals surface area contributed by atoms with Gasteiger partial charge in [-0.2, -0.15) is 0 Å². The van der Waals surface area contributed by atoms with Gasteiger partial charge in [0.2, 0.25) is 0 Å². The third kappa shape index (κ3) is 3.66. The predicted octanol–water partition coefficient (Wildman–Crippen LogP) is 1.59. The van der Waals surface area contributed by atoms with Gasteiger partial charge >= 0.3 is 0 Å². The first kappa shape index (κ1) is 15.0. The number of morpholine rings is 1. The summed E-state index contributed by atoms with van der Waals surface area (Å²) in [5.74, 6) is 1.02. The van der Waals surface area contributed by atoms with E-state index in [0.29, 0.717) is 12.6 Å². The number of nitrogens with zero attached hydrogens (tertiary/aromatic N) is 2. The molecule has 2 fully saturated rings. The first-order chi connectivity index (χ1) is 10.2. The van der Waals surface area contributed by atoms with Gasteiger partial charge in [0.25, 0.3) is 0 Å². The van der Waals surface area contributed by atoms with E-state index in [-0.39, 0.29) is 5.60 Å². The van der Waals surface area contributed by atoms with Crippen LogP contribution in [0.5, 0.6) is 0 Å². The molecule has 118 valence electrons. The van der Waals surface area contributed by atoms with Crippen LogP contribution in [0.3, 0.4) is 0 Å². The molecule has 5 heteroatoms. The monoisotopic (exact) mass is 294 g/mol. The van der Waals surface area contributed by atoms with Crippen molar-refractivity contribution < 1.29 is 13.9 Å². The molecule has 3 rings (SSSR count). The summed E-state index contributed by atoms with van der Waals surface area (Å²) in [7, 11) is 0. The summed E-state index contributed by atoms with van der Waals surface area (Å²) >= 11 is 0. The summed E-state index contributed by atoms with van der Waals surface area (Å²) in [6.45, 7) is 11.3. The lowest BCUT2D eigenvalue weighted by molar-refractivity contribution is -0.145. The average Bonchev–Trinajstić information content (AvgIpc) is 2.87. The second kappa shape index (κ2) is 6.48. The number of hydrogen-bond acceptors (Lipinski definition) is 5. The van der Waals surface area contributed by atoms with Crippen molar-refractivity contribution in [2.45, 2.75) is 32.0 Å². The van der Waals surface area contributed by atoms with Crippen LogP contribution >= 0.6 is 0 Å². The molecule has 3 heterocycles. The van der Waals surface area contributed by atoms with Crippen LogP contribution in [0, 0.1) is 0 Å². The third-order valence-electron chi connectivity index (χ3n) is 4.40. The molecule has 2 aliphatic rings. The molecule has 1 aromatic heterocycles. The fourth-order valence-electron chi connectivity index (χ4n) is 3.24. The van der Waals surface area contributed by atoms with Crippen molar-refractivity contribution in [1.82, 2.24) is 9.80 Å². The van der Waals surface area contributed by atoms with Crippen molar-refractivity contribution in [3.8, 4) is 0 Å². The lowest BCUT2D eigenvalue weighted by Crippen LogP contribution is -2.59. The SMILES string of the molecule is CC(C)N1CCOCC2(CN(Cc3ccco3)CCO2)C1. The second-order valence-corrected chi connectivity index (χ2v) is 6.44. The van der Waals surface area contributed by atoms with Gasteiger partial charge < -0.3 is 13.9 Å². The Kier molecular flexibility index (Phi) is 4.64. The fraction of sp³-hybridized carbons (Fsp3) is 0.750. The van der Waals surface area contributed by atoms with Crippen LogP contribution in [-0.2, 0) is 16.0 Å². The van der Waals surface area contributed by atoms with Crippen molar-refractivity contribution in [3.05, 3.63) is 24.2 Å². The standard InChI is InChI=1S/C16H26N2O3/c1-14(2)18-6-8-19-13-16(12-18)11-17(5-9-21-16)10-15-4-3-7-20-15/h3-4,7,14H,5-6,8-13H2,1-2H3. The van der Waals surface area contributed by atoms with Crippen LogP contribution in [0.25, 0.3) is 0 Å². The highest BCUT2D eigenvalue weighted by Crippen LogP contribution is 2.24. The number of ether oxygens (including phenoxy) is 2. The largest absolute Gasteiger partial charge is 0.468 e. The molecule has 0 aliphatic carbocycles. The summed E-state index contributed by atoms with van der Waals surface area (Å²) in [5.41, 5.74) is -0.203.